The first-order valence-electron chi connectivity index (χ1n) is 10.7. The molecule has 0 aliphatic carbocycles. The highest BCUT2D eigenvalue weighted by Crippen LogP contribution is 2.32. The van der Waals surface area contributed by atoms with Gasteiger partial charge in [-0.1, -0.05) is 65.8 Å². The lowest BCUT2D eigenvalue weighted by Crippen LogP contribution is -2.25. The predicted octanol–water partition coefficient (Wildman–Crippen LogP) is 5.20. The maximum Gasteiger partial charge on any atom is 0.221 e. The molecule has 0 spiro atoms. The first kappa shape index (κ1) is 22.1. The summed E-state index contributed by atoms with van der Waals surface area (Å²) in [6, 6.07) is 27.5. The van der Waals surface area contributed by atoms with Crippen molar-refractivity contribution in [1.29, 1.82) is 0 Å². The van der Waals surface area contributed by atoms with Gasteiger partial charge in [0, 0.05) is 24.0 Å². The van der Waals surface area contributed by atoms with Gasteiger partial charge in [-0.05, 0) is 29.3 Å². The maximum atomic E-state index is 12.8. The van der Waals surface area contributed by atoms with Crippen molar-refractivity contribution in [3.05, 3.63) is 102 Å². The number of ether oxygens (including phenoxy) is 2. The second kappa shape index (κ2) is 10.5. The van der Waals surface area contributed by atoms with Gasteiger partial charge in [0.15, 0.2) is 17.3 Å². The van der Waals surface area contributed by atoms with Crippen LogP contribution in [-0.2, 0) is 11.3 Å². The van der Waals surface area contributed by atoms with E-state index in [0.717, 1.165) is 16.7 Å². The van der Waals surface area contributed by atoms with E-state index in [9.17, 15) is 4.79 Å². The summed E-state index contributed by atoms with van der Waals surface area (Å²) in [4.78, 5) is 12.8. The second-order valence-electron chi connectivity index (χ2n) is 7.61. The summed E-state index contributed by atoms with van der Waals surface area (Å²) in [7, 11) is 3.17. The van der Waals surface area contributed by atoms with Crippen LogP contribution in [0.3, 0.4) is 0 Å². The molecule has 0 aliphatic heterocycles. The molecule has 1 amide bonds. The van der Waals surface area contributed by atoms with E-state index in [1.807, 2.05) is 60.7 Å². The number of carbonyl (C=O) groups is 1. The number of nitrogens with zero attached hydrogens (tertiary/aromatic N) is 1. The van der Waals surface area contributed by atoms with Gasteiger partial charge in [0.05, 0.1) is 20.8 Å². The van der Waals surface area contributed by atoms with Crippen LogP contribution < -0.4 is 14.8 Å². The first-order valence-corrected chi connectivity index (χ1v) is 10.7. The van der Waals surface area contributed by atoms with Gasteiger partial charge in [-0.15, -0.1) is 0 Å². The van der Waals surface area contributed by atoms with Crippen LogP contribution in [0.15, 0.2) is 89.5 Å². The highest BCUT2D eigenvalue weighted by Gasteiger charge is 2.18. The molecule has 0 unspecified atom stereocenters. The van der Waals surface area contributed by atoms with Gasteiger partial charge in [0.25, 0.3) is 0 Å². The summed E-state index contributed by atoms with van der Waals surface area (Å²) >= 11 is 0. The van der Waals surface area contributed by atoms with Crippen molar-refractivity contribution in [2.24, 2.45) is 0 Å². The average molecular weight is 443 g/mol. The molecule has 1 aromatic heterocycles. The topological polar surface area (TPSA) is 73.6 Å². The highest BCUT2D eigenvalue weighted by molar-refractivity contribution is 5.77. The summed E-state index contributed by atoms with van der Waals surface area (Å²) < 4.78 is 16.1. The minimum Gasteiger partial charge on any atom is -0.493 e. The summed E-state index contributed by atoms with van der Waals surface area (Å²) in [6.07, 6.45) is 0.342. The van der Waals surface area contributed by atoms with E-state index in [4.69, 9.17) is 14.0 Å². The van der Waals surface area contributed by atoms with Crippen LogP contribution in [0.2, 0.25) is 0 Å². The smallest absolute Gasteiger partial charge is 0.221 e. The number of nitrogens with one attached hydrogen (secondary N) is 1. The van der Waals surface area contributed by atoms with Gasteiger partial charge in [-0.25, -0.2) is 0 Å². The number of hydrogen-bond donors (Lipinski definition) is 1. The van der Waals surface area contributed by atoms with E-state index in [0.29, 0.717) is 29.4 Å². The molecule has 3 aromatic carbocycles. The summed E-state index contributed by atoms with van der Waals surface area (Å²) in [5.41, 5.74) is 3.67. The molecular weight excluding hydrogens is 416 g/mol. The molecule has 0 radical (unpaired) electrons. The second-order valence-corrected chi connectivity index (χ2v) is 7.61. The Balaban J connectivity index is 1.42. The highest BCUT2D eigenvalue weighted by atomic mass is 16.5. The number of methoxy groups -OCH3 is 2. The normalized spacial score (nSPS) is 10.8. The number of amides is 1. The fourth-order valence-corrected chi connectivity index (χ4v) is 3.77. The summed E-state index contributed by atoms with van der Waals surface area (Å²) in [5, 5.41) is 7.06. The van der Waals surface area contributed by atoms with E-state index in [2.05, 4.69) is 34.7 Å². The molecule has 0 fully saturated rings. The quantitative estimate of drug-likeness (QED) is 0.386. The van der Waals surface area contributed by atoms with E-state index in [1.54, 1.807) is 14.2 Å². The molecule has 6 nitrogen and oxygen atoms in total. The SMILES string of the molecule is COc1ccc(-c2cc(CNC(=O)CC(c3ccccc3)c3ccccc3)no2)cc1OC. The van der Waals surface area contributed by atoms with Crippen molar-refractivity contribution < 1.29 is 18.8 Å². The van der Waals surface area contributed by atoms with Crippen LogP contribution in [0.1, 0.15) is 29.2 Å². The molecule has 0 saturated heterocycles. The summed E-state index contributed by atoms with van der Waals surface area (Å²) in [6.45, 7) is 0.284. The Morgan fingerprint density at radius 3 is 2.12 bits per heavy atom. The van der Waals surface area contributed by atoms with Crippen LogP contribution >= 0.6 is 0 Å². The number of aromatic nitrogens is 1. The van der Waals surface area contributed by atoms with E-state index in [-0.39, 0.29) is 18.4 Å². The van der Waals surface area contributed by atoms with Crippen LogP contribution in [0, 0.1) is 0 Å². The lowest BCUT2D eigenvalue weighted by molar-refractivity contribution is -0.121. The molecule has 0 atom stereocenters. The van der Waals surface area contributed by atoms with Crippen LogP contribution in [0.25, 0.3) is 11.3 Å². The Morgan fingerprint density at radius 2 is 1.52 bits per heavy atom. The molecule has 0 saturated carbocycles. The molecule has 4 aromatic rings. The Labute approximate surface area is 193 Å². The molecule has 0 bridgehead atoms. The molecule has 1 N–H and O–H groups in total. The third-order valence-electron chi connectivity index (χ3n) is 5.49. The number of rotatable bonds is 9. The van der Waals surface area contributed by atoms with Crippen LogP contribution in [-0.4, -0.2) is 25.3 Å². The van der Waals surface area contributed by atoms with Crippen molar-refractivity contribution in [3.63, 3.8) is 0 Å². The van der Waals surface area contributed by atoms with E-state index < -0.39 is 0 Å². The van der Waals surface area contributed by atoms with E-state index in [1.165, 1.54) is 0 Å². The van der Waals surface area contributed by atoms with Crippen molar-refractivity contribution in [2.75, 3.05) is 14.2 Å². The number of benzene rings is 3. The molecule has 6 heteroatoms. The van der Waals surface area contributed by atoms with Crippen molar-refractivity contribution >= 4 is 5.91 Å². The van der Waals surface area contributed by atoms with E-state index >= 15 is 0 Å². The molecule has 4 rings (SSSR count). The Bertz CT molecular complexity index is 1150. The Hall–Kier alpha value is -4.06. The minimum absolute atomic E-state index is 0.0213. The Morgan fingerprint density at radius 1 is 0.879 bits per heavy atom. The van der Waals surface area contributed by atoms with Gasteiger partial charge >= 0.3 is 0 Å². The zero-order valence-corrected chi connectivity index (χ0v) is 18.7. The fraction of sp³-hybridized carbons (Fsp3) is 0.185. The molecular formula is C27H26N2O4. The lowest BCUT2D eigenvalue weighted by atomic mass is 9.88. The zero-order valence-electron chi connectivity index (χ0n) is 18.7. The Kier molecular flexibility index (Phi) is 7.05. The van der Waals surface area contributed by atoms with Gasteiger partial charge in [-0.2, -0.15) is 0 Å². The fourth-order valence-electron chi connectivity index (χ4n) is 3.77. The van der Waals surface area contributed by atoms with Gasteiger partial charge in [-0.3, -0.25) is 4.79 Å². The average Bonchev–Trinajstić information content (AvgIpc) is 3.36. The standard InChI is InChI=1S/C27H26N2O4/c1-31-24-14-13-21(15-26(24)32-2)25-16-22(29-33-25)18-28-27(30)17-23(19-9-5-3-6-10-19)20-11-7-4-8-12-20/h3-16,23H,17-18H2,1-2H3,(H,28,30). The maximum absolute atomic E-state index is 12.8. The monoisotopic (exact) mass is 442 g/mol. The zero-order chi connectivity index (χ0) is 23.0. The largest absolute Gasteiger partial charge is 0.493 e. The first-order chi connectivity index (χ1) is 16.2. The van der Waals surface area contributed by atoms with Crippen LogP contribution in [0.5, 0.6) is 11.5 Å². The van der Waals surface area contributed by atoms with Gasteiger partial charge in [0.2, 0.25) is 5.91 Å². The lowest BCUT2D eigenvalue weighted by Gasteiger charge is -2.17. The molecule has 1 heterocycles. The van der Waals surface area contributed by atoms with Crippen molar-refractivity contribution in [3.8, 4) is 22.8 Å². The van der Waals surface area contributed by atoms with Gasteiger partial charge in [0.1, 0.15) is 5.69 Å². The van der Waals surface area contributed by atoms with Crippen molar-refractivity contribution in [2.45, 2.75) is 18.9 Å². The predicted molar refractivity (Wildman–Crippen MR) is 126 cm³/mol. The third-order valence-corrected chi connectivity index (χ3v) is 5.49. The molecule has 0 aliphatic rings. The third kappa shape index (κ3) is 5.41. The van der Waals surface area contributed by atoms with Gasteiger partial charge < -0.3 is 19.3 Å². The number of hydrogen-bond acceptors (Lipinski definition) is 5. The molecule has 33 heavy (non-hydrogen) atoms. The minimum atomic E-state index is -0.0524. The summed E-state index contributed by atoms with van der Waals surface area (Å²) in [5.74, 6) is 1.76. The van der Waals surface area contributed by atoms with Crippen molar-refractivity contribution in [1.82, 2.24) is 10.5 Å². The van der Waals surface area contributed by atoms with Crippen LogP contribution in [0.4, 0.5) is 0 Å². The molecule has 168 valence electrons. The number of carbonyl (C=O) groups excluding carboxylic acids is 1.